The molecule has 0 atom stereocenters. The van der Waals surface area contributed by atoms with Crippen LogP contribution in [0.25, 0.3) is 10.9 Å². The van der Waals surface area contributed by atoms with Gasteiger partial charge in [-0.1, -0.05) is 6.07 Å². The predicted octanol–water partition coefficient (Wildman–Crippen LogP) is 0.0483. The van der Waals surface area contributed by atoms with Gasteiger partial charge in [0.15, 0.2) is 0 Å². The number of halogens is 1. The van der Waals surface area contributed by atoms with Gasteiger partial charge in [0.25, 0.3) is 5.56 Å². The number of aromatic nitrogens is 2. The molecule has 17 heavy (non-hydrogen) atoms. The van der Waals surface area contributed by atoms with Crippen LogP contribution in [0.15, 0.2) is 27.8 Å². The van der Waals surface area contributed by atoms with Gasteiger partial charge in [-0.15, -0.1) is 0 Å². The molecule has 1 heterocycles. The van der Waals surface area contributed by atoms with Crippen molar-refractivity contribution in [2.75, 3.05) is 13.6 Å². The summed E-state index contributed by atoms with van der Waals surface area (Å²) in [5, 5.41) is 2.75. The lowest BCUT2D eigenvalue weighted by Gasteiger charge is -2.06. The Hall–Kier alpha value is -1.95. The summed E-state index contributed by atoms with van der Waals surface area (Å²) < 4.78 is 14.5. The molecule has 90 valence electrons. The van der Waals surface area contributed by atoms with Crippen LogP contribution in [0.4, 0.5) is 4.39 Å². The molecule has 5 nitrogen and oxygen atoms in total. The lowest BCUT2D eigenvalue weighted by atomic mass is 10.2. The highest BCUT2D eigenvalue weighted by Gasteiger charge is 2.10. The molecule has 1 aromatic heterocycles. The Bertz CT molecular complexity index is 660. The highest BCUT2D eigenvalue weighted by molar-refractivity contribution is 5.77. The van der Waals surface area contributed by atoms with E-state index in [-0.39, 0.29) is 17.4 Å². The number of nitrogens with one attached hydrogen (secondary N) is 2. The summed E-state index contributed by atoms with van der Waals surface area (Å²) in [6.07, 6.45) is 0. The minimum Gasteiger partial charge on any atom is -0.318 e. The molecule has 0 aliphatic heterocycles. The van der Waals surface area contributed by atoms with Crippen LogP contribution in [0.1, 0.15) is 0 Å². The van der Waals surface area contributed by atoms with E-state index in [2.05, 4.69) is 10.3 Å². The first-order valence-corrected chi connectivity index (χ1v) is 5.21. The Kier molecular flexibility index (Phi) is 3.06. The molecule has 0 unspecified atom stereocenters. The molecule has 6 heteroatoms. The quantitative estimate of drug-likeness (QED) is 0.792. The molecule has 2 N–H and O–H groups in total. The van der Waals surface area contributed by atoms with Crippen molar-refractivity contribution in [3.8, 4) is 0 Å². The molecule has 0 aliphatic carbocycles. The van der Waals surface area contributed by atoms with E-state index in [4.69, 9.17) is 0 Å². The topological polar surface area (TPSA) is 66.9 Å². The summed E-state index contributed by atoms with van der Waals surface area (Å²) in [7, 11) is 1.71. The molecule has 2 rings (SSSR count). The van der Waals surface area contributed by atoms with Crippen molar-refractivity contribution in [1.29, 1.82) is 0 Å². The Labute approximate surface area is 95.9 Å². The Morgan fingerprint density at radius 3 is 2.88 bits per heavy atom. The van der Waals surface area contributed by atoms with Crippen molar-refractivity contribution in [3.63, 3.8) is 0 Å². The average molecular weight is 237 g/mol. The molecule has 0 radical (unpaired) electrons. The van der Waals surface area contributed by atoms with Crippen LogP contribution in [0.2, 0.25) is 0 Å². The zero-order chi connectivity index (χ0) is 12.4. The number of H-pyrrole nitrogens is 1. The molecule has 1 aromatic carbocycles. The Morgan fingerprint density at radius 1 is 1.41 bits per heavy atom. The van der Waals surface area contributed by atoms with Gasteiger partial charge in [0.2, 0.25) is 0 Å². The fourth-order valence-electron chi connectivity index (χ4n) is 1.68. The second-order valence-corrected chi connectivity index (χ2v) is 3.65. The summed E-state index contributed by atoms with van der Waals surface area (Å²) in [4.78, 5) is 26.1. The second kappa shape index (κ2) is 4.50. The van der Waals surface area contributed by atoms with Gasteiger partial charge >= 0.3 is 5.69 Å². The van der Waals surface area contributed by atoms with E-state index in [9.17, 15) is 14.0 Å². The van der Waals surface area contributed by atoms with Crippen molar-refractivity contribution in [1.82, 2.24) is 14.9 Å². The zero-order valence-corrected chi connectivity index (χ0v) is 9.29. The van der Waals surface area contributed by atoms with Gasteiger partial charge < -0.3 is 10.3 Å². The predicted molar refractivity (Wildman–Crippen MR) is 62.7 cm³/mol. The highest BCUT2D eigenvalue weighted by Crippen LogP contribution is 2.09. The van der Waals surface area contributed by atoms with E-state index in [0.717, 1.165) is 4.57 Å². The first kappa shape index (κ1) is 11.5. The molecule has 0 bridgehead atoms. The molecule has 0 amide bonds. The molecule has 0 spiro atoms. The van der Waals surface area contributed by atoms with Crippen LogP contribution >= 0.6 is 0 Å². The molecule has 0 fully saturated rings. The third kappa shape index (κ3) is 1.99. The van der Waals surface area contributed by atoms with Gasteiger partial charge in [-0.2, -0.15) is 0 Å². The Morgan fingerprint density at radius 2 is 2.18 bits per heavy atom. The van der Waals surface area contributed by atoms with Crippen molar-refractivity contribution in [3.05, 3.63) is 44.9 Å². The van der Waals surface area contributed by atoms with Gasteiger partial charge in [-0.25, -0.2) is 9.18 Å². The number of hydrogen-bond acceptors (Lipinski definition) is 3. The van der Waals surface area contributed by atoms with Gasteiger partial charge in [-0.05, 0) is 19.2 Å². The van der Waals surface area contributed by atoms with Gasteiger partial charge in [-0.3, -0.25) is 9.36 Å². The minimum atomic E-state index is -0.623. The maximum absolute atomic E-state index is 13.5. The van der Waals surface area contributed by atoms with Crippen molar-refractivity contribution in [2.45, 2.75) is 6.54 Å². The van der Waals surface area contributed by atoms with E-state index >= 15 is 0 Å². The molecule has 0 saturated carbocycles. The van der Waals surface area contributed by atoms with Crippen LogP contribution in [-0.4, -0.2) is 23.1 Å². The normalized spacial score (nSPS) is 10.9. The minimum absolute atomic E-state index is 0.0804. The van der Waals surface area contributed by atoms with Crippen LogP contribution in [0.5, 0.6) is 0 Å². The molecule has 0 saturated heterocycles. The van der Waals surface area contributed by atoms with E-state index in [1.54, 1.807) is 7.05 Å². The number of hydrogen-bond donors (Lipinski definition) is 2. The number of benzene rings is 1. The standard InChI is InChI=1S/C11H12FN3O2/c1-13-5-6-15-10(16)9-7(12)3-2-4-8(9)14-11(15)17/h2-4,13H,5-6H2,1H3,(H,14,17). The van der Waals surface area contributed by atoms with Crippen LogP contribution < -0.4 is 16.6 Å². The molecule has 2 aromatic rings. The fraction of sp³-hybridized carbons (Fsp3) is 0.273. The number of rotatable bonds is 3. The smallest absolute Gasteiger partial charge is 0.318 e. The summed E-state index contributed by atoms with van der Waals surface area (Å²) in [6.45, 7) is 0.665. The SMILES string of the molecule is CNCCn1c(=O)[nH]c2cccc(F)c2c1=O. The number of fused-ring (bicyclic) bond motifs is 1. The van der Waals surface area contributed by atoms with Gasteiger partial charge in [0.1, 0.15) is 5.82 Å². The van der Waals surface area contributed by atoms with Crippen LogP contribution in [0.3, 0.4) is 0 Å². The zero-order valence-electron chi connectivity index (χ0n) is 9.29. The summed E-state index contributed by atoms with van der Waals surface area (Å²) in [6, 6.07) is 4.15. The Balaban J connectivity index is 2.74. The first-order chi connectivity index (χ1) is 8.15. The van der Waals surface area contributed by atoms with Crippen LogP contribution in [0, 0.1) is 5.82 Å². The largest absolute Gasteiger partial charge is 0.328 e. The van der Waals surface area contributed by atoms with Gasteiger partial charge in [0, 0.05) is 13.1 Å². The van der Waals surface area contributed by atoms with Crippen molar-refractivity contribution < 1.29 is 4.39 Å². The number of likely N-dealkylation sites (N-methyl/N-ethyl adjacent to an activating group) is 1. The fourth-order valence-corrected chi connectivity index (χ4v) is 1.68. The van der Waals surface area contributed by atoms with E-state index in [1.807, 2.05) is 0 Å². The number of nitrogens with zero attached hydrogens (tertiary/aromatic N) is 1. The summed E-state index contributed by atoms with van der Waals surface area (Å²) in [5.74, 6) is -0.623. The second-order valence-electron chi connectivity index (χ2n) is 3.65. The van der Waals surface area contributed by atoms with Crippen LogP contribution in [-0.2, 0) is 6.54 Å². The maximum atomic E-state index is 13.5. The third-order valence-corrected chi connectivity index (χ3v) is 2.54. The summed E-state index contributed by atoms with van der Waals surface area (Å²) in [5.41, 5.74) is -0.902. The van der Waals surface area contributed by atoms with E-state index in [0.29, 0.717) is 6.54 Å². The average Bonchev–Trinajstić information content (AvgIpc) is 2.28. The lowest BCUT2D eigenvalue weighted by Crippen LogP contribution is -2.37. The van der Waals surface area contributed by atoms with E-state index < -0.39 is 17.1 Å². The summed E-state index contributed by atoms with van der Waals surface area (Å²) >= 11 is 0. The highest BCUT2D eigenvalue weighted by atomic mass is 19.1. The lowest BCUT2D eigenvalue weighted by molar-refractivity contribution is 0.594. The molecular formula is C11H12FN3O2. The van der Waals surface area contributed by atoms with Gasteiger partial charge in [0.05, 0.1) is 10.9 Å². The number of aromatic amines is 1. The van der Waals surface area contributed by atoms with Crippen molar-refractivity contribution >= 4 is 10.9 Å². The first-order valence-electron chi connectivity index (χ1n) is 5.21. The molecular weight excluding hydrogens is 225 g/mol. The molecule has 0 aliphatic rings. The maximum Gasteiger partial charge on any atom is 0.328 e. The third-order valence-electron chi connectivity index (χ3n) is 2.54. The monoisotopic (exact) mass is 237 g/mol. The van der Waals surface area contributed by atoms with Crippen molar-refractivity contribution in [2.24, 2.45) is 0 Å². The van der Waals surface area contributed by atoms with E-state index in [1.165, 1.54) is 18.2 Å².